The van der Waals surface area contributed by atoms with Crippen molar-refractivity contribution in [2.24, 2.45) is 5.92 Å². The molecular formula is C21H24N2O4S. The van der Waals surface area contributed by atoms with Crippen LogP contribution in [0.4, 0.5) is 5.69 Å². The van der Waals surface area contributed by atoms with E-state index < -0.39 is 9.84 Å². The summed E-state index contributed by atoms with van der Waals surface area (Å²) in [6, 6.07) is 13.9. The Hall–Kier alpha value is -2.67. The summed E-state index contributed by atoms with van der Waals surface area (Å²) >= 11 is 0. The van der Waals surface area contributed by atoms with Gasteiger partial charge in [0.15, 0.2) is 9.84 Å². The molecule has 0 radical (unpaired) electrons. The summed E-state index contributed by atoms with van der Waals surface area (Å²) in [6.45, 7) is 1.84. The fraction of sp³-hybridized carbons (Fsp3) is 0.333. The number of hydrogen-bond donors (Lipinski definition) is 2. The van der Waals surface area contributed by atoms with Crippen molar-refractivity contribution in [2.75, 3.05) is 11.6 Å². The molecule has 3 rings (SSSR count). The summed E-state index contributed by atoms with van der Waals surface area (Å²) in [5, 5.41) is 5.81. The standard InChI is InChI=1S/C21H24N2O4S/c1-14(15-7-10-18(11-8-15)28(2,26)27)22-20(24)12-9-17-13-16-5-3-4-6-19(16)23-21(17)25/h3-8,10-11,14,17H,9,12-13H2,1-2H3,(H,22,24)(H,23,25)/t14-,17+/m0/s1. The van der Waals surface area contributed by atoms with Gasteiger partial charge in [0, 0.05) is 24.3 Å². The Bertz CT molecular complexity index is 984. The second kappa shape index (κ2) is 8.14. The topological polar surface area (TPSA) is 92.3 Å². The van der Waals surface area contributed by atoms with E-state index in [1.807, 2.05) is 31.2 Å². The first-order chi connectivity index (χ1) is 13.2. The van der Waals surface area contributed by atoms with Gasteiger partial charge in [-0.15, -0.1) is 0 Å². The molecule has 2 amide bonds. The minimum atomic E-state index is -3.24. The van der Waals surface area contributed by atoms with E-state index in [0.717, 1.165) is 23.1 Å². The molecule has 0 fully saturated rings. The molecule has 1 aliphatic rings. The van der Waals surface area contributed by atoms with E-state index in [0.29, 0.717) is 12.8 Å². The number of hydrogen-bond acceptors (Lipinski definition) is 4. The van der Waals surface area contributed by atoms with Gasteiger partial charge in [-0.1, -0.05) is 30.3 Å². The van der Waals surface area contributed by atoms with Crippen LogP contribution >= 0.6 is 0 Å². The van der Waals surface area contributed by atoms with Crippen molar-refractivity contribution in [1.29, 1.82) is 0 Å². The van der Waals surface area contributed by atoms with Gasteiger partial charge in [0.05, 0.1) is 10.9 Å². The maximum atomic E-state index is 12.3. The van der Waals surface area contributed by atoms with Gasteiger partial charge in [-0.3, -0.25) is 9.59 Å². The zero-order valence-electron chi connectivity index (χ0n) is 15.9. The molecule has 1 heterocycles. The molecule has 7 heteroatoms. The van der Waals surface area contributed by atoms with Gasteiger partial charge in [-0.25, -0.2) is 8.42 Å². The molecule has 148 valence electrons. The third kappa shape index (κ3) is 4.78. The number of carbonyl (C=O) groups is 2. The maximum Gasteiger partial charge on any atom is 0.227 e. The monoisotopic (exact) mass is 400 g/mol. The first-order valence-electron chi connectivity index (χ1n) is 9.22. The summed E-state index contributed by atoms with van der Waals surface area (Å²) in [6.07, 6.45) is 2.53. The quantitative estimate of drug-likeness (QED) is 0.780. The number of rotatable bonds is 6. The first-order valence-corrected chi connectivity index (χ1v) is 11.1. The molecular weight excluding hydrogens is 376 g/mol. The zero-order chi connectivity index (χ0) is 20.3. The fourth-order valence-electron chi connectivity index (χ4n) is 3.35. The third-order valence-electron chi connectivity index (χ3n) is 5.02. The van der Waals surface area contributed by atoms with Crippen LogP contribution < -0.4 is 10.6 Å². The predicted molar refractivity (Wildman–Crippen MR) is 108 cm³/mol. The lowest BCUT2D eigenvalue weighted by Gasteiger charge is -2.24. The normalized spacial score (nSPS) is 17.4. The molecule has 1 aliphatic heterocycles. The molecule has 28 heavy (non-hydrogen) atoms. The Labute approximate surface area is 165 Å². The van der Waals surface area contributed by atoms with Crippen LogP contribution in [-0.4, -0.2) is 26.5 Å². The largest absolute Gasteiger partial charge is 0.350 e. The molecule has 2 atom stereocenters. The Morgan fingerprint density at radius 3 is 2.54 bits per heavy atom. The van der Waals surface area contributed by atoms with Gasteiger partial charge in [-0.05, 0) is 49.1 Å². The Balaban J connectivity index is 1.53. The van der Waals surface area contributed by atoms with Crippen molar-refractivity contribution < 1.29 is 18.0 Å². The van der Waals surface area contributed by atoms with Crippen molar-refractivity contribution in [2.45, 2.75) is 37.1 Å². The summed E-state index contributed by atoms with van der Waals surface area (Å²) in [5.41, 5.74) is 2.76. The molecule has 2 aromatic carbocycles. The third-order valence-corrected chi connectivity index (χ3v) is 6.15. The van der Waals surface area contributed by atoms with E-state index in [2.05, 4.69) is 10.6 Å². The second-order valence-corrected chi connectivity index (χ2v) is 9.23. The second-order valence-electron chi connectivity index (χ2n) is 7.22. The predicted octanol–water partition coefficient (Wildman–Crippen LogP) is 2.86. The van der Waals surface area contributed by atoms with E-state index in [9.17, 15) is 18.0 Å². The molecule has 0 bridgehead atoms. The lowest BCUT2D eigenvalue weighted by molar-refractivity contribution is -0.123. The highest BCUT2D eigenvalue weighted by atomic mass is 32.2. The van der Waals surface area contributed by atoms with Gasteiger partial charge in [-0.2, -0.15) is 0 Å². The van der Waals surface area contributed by atoms with Crippen LogP contribution in [0.15, 0.2) is 53.4 Å². The van der Waals surface area contributed by atoms with Crippen LogP contribution in [0.25, 0.3) is 0 Å². The molecule has 0 aromatic heterocycles. The Morgan fingerprint density at radius 2 is 1.86 bits per heavy atom. The molecule has 0 saturated heterocycles. The van der Waals surface area contributed by atoms with Crippen LogP contribution in [0.5, 0.6) is 0 Å². The Kier molecular flexibility index (Phi) is 5.84. The number of nitrogens with one attached hydrogen (secondary N) is 2. The fourth-order valence-corrected chi connectivity index (χ4v) is 3.98. The highest BCUT2D eigenvalue weighted by Gasteiger charge is 2.26. The number of carbonyl (C=O) groups excluding carboxylic acids is 2. The van der Waals surface area contributed by atoms with Crippen molar-refractivity contribution >= 4 is 27.3 Å². The van der Waals surface area contributed by atoms with Gasteiger partial charge in [0.25, 0.3) is 0 Å². The number of benzene rings is 2. The lowest BCUT2D eigenvalue weighted by atomic mass is 9.89. The van der Waals surface area contributed by atoms with E-state index in [-0.39, 0.29) is 35.1 Å². The van der Waals surface area contributed by atoms with Gasteiger partial charge < -0.3 is 10.6 Å². The van der Waals surface area contributed by atoms with Crippen LogP contribution in [0.1, 0.15) is 36.9 Å². The van der Waals surface area contributed by atoms with Crippen molar-refractivity contribution in [1.82, 2.24) is 5.32 Å². The lowest BCUT2D eigenvalue weighted by Crippen LogP contribution is -2.32. The summed E-state index contributed by atoms with van der Waals surface area (Å²) in [5.74, 6) is -0.396. The van der Waals surface area contributed by atoms with Gasteiger partial charge in [0.1, 0.15) is 0 Å². The smallest absolute Gasteiger partial charge is 0.227 e. The maximum absolute atomic E-state index is 12.3. The molecule has 0 aliphatic carbocycles. The Morgan fingerprint density at radius 1 is 1.18 bits per heavy atom. The number of fused-ring (bicyclic) bond motifs is 1. The summed E-state index contributed by atoms with van der Waals surface area (Å²) in [7, 11) is -3.24. The molecule has 6 nitrogen and oxygen atoms in total. The molecule has 0 saturated carbocycles. The van der Waals surface area contributed by atoms with Crippen LogP contribution in [0.2, 0.25) is 0 Å². The van der Waals surface area contributed by atoms with Crippen LogP contribution in [0.3, 0.4) is 0 Å². The highest BCUT2D eigenvalue weighted by molar-refractivity contribution is 7.90. The van der Waals surface area contributed by atoms with Crippen LogP contribution in [0, 0.1) is 5.92 Å². The number of amides is 2. The number of sulfone groups is 1. The minimum absolute atomic E-state index is 0.0455. The van der Waals surface area contributed by atoms with E-state index in [1.165, 1.54) is 12.1 Å². The highest BCUT2D eigenvalue weighted by Crippen LogP contribution is 2.27. The molecule has 0 spiro atoms. The number of para-hydroxylation sites is 1. The molecule has 0 unspecified atom stereocenters. The molecule has 2 N–H and O–H groups in total. The van der Waals surface area contributed by atoms with Crippen molar-refractivity contribution in [3.63, 3.8) is 0 Å². The molecule has 2 aromatic rings. The van der Waals surface area contributed by atoms with Crippen molar-refractivity contribution in [3.8, 4) is 0 Å². The van der Waals surface area contributed by atoms with Gasteiger partial charge in [0.2, 0.25) is 11.8 Å². The minimum Gasteiger partial charge on any atom is -0.350 e. The van der Waals surface area contributed by atoms with Crippen molar-refractivity contribution in [3.05, 3.63) is 59.7 Å². The summed E-state index contributed by atoms with van der Waals surface area (Å²) in [4.78, 5) is 24.8. The zero-order valence-corrected chi connectivity index (χ0v) is 16.8. The van der Waals surface area contributed by atoms with E-state index in [1.54, 1.807) is 12.1 Å². The average Bonchev–Trinajstić information content (AvgIpc) is 2.65. The van der Waals surface area contributed by atoms with E-state index >= 15 is 0 Å². The van der Waals surface area contributed by atoms with E-state index in [4.69, 9.17) is 0 Å². The van der Waals surface area contributed by atoms with Crippen LogP contribution in [-0.2, 0) is 25.8 Å². The summed E-state index contributed by atoms with van der Waals surface area (Å²) < 4.78 is 23.1. The number of anilines is 1. The SMILES string of the molecule is C[C@H](NC(=O)CC[C@@H]1Cc2ccccc2NC1=O)c1ccc(S(C)(=O)=O)cc1. The first kappa shape index (κ1) is 20.1. The average molecular weight is 401 g/mol. The van der Waals surface area contributed by atoms with Gasteiger partial charge >= 0.3 is 0 Å².